The first-order valence-corrected chi connectivity index (χ1v) is 4.56. The Balaban J connectivity index is 3.44. The summed E-state index contributed by atoms with van der Waals surface area (Å²) in [4.78, 5) is 32.1. The molecule has 0 aliphatic heterocycles. The van der Waals surface area contributed by atoms with E-state index in [4.69, 9.17) is 10.8 Å². The molecule has 0 aliphatic carbocycles. The van der Waals surface area contributed by atoms with Gasteiger partial charge < -0.3 is 26.2 Å². The number of aliphatic hydroxyl groups is 1. The Hall–Kier alpha value is -1.67. The molecule has 0 aromatic heterocycles. The minimum atomic E-state index is -0.634. The van der Waals surface area contributed by atoms with Gasteiger partial charge in [0.2, 0.25) is 17.7 Å². The average molecular weight is 233 g/mol. The molecule has 8 nitrogen and oxygen atoms in total. The molecule has 16 heavy (non-hydrogen) atoms. The van der Waals surface area contributed by atoms with E-state index in [1.807, 2.05) is 0 Å². The number of hydrogen-bond donors (Lipinski definition) is 4. The van der Waals surface area contributed by atoms with E-state index in [0.717, 1.165) is 0 Å². The summed E-state index contributed by atoms with van der Waals surface area (Å²) >= 11 is 0. The predicted octanol–water partition coefficient (Wildman–Crippen LogP) is -2.94. The van der Waals surface area contributed by atoms with E-state index in [0.29, 0.717) is 0 Å². The van der Waals surface area contributed by atoms with Gasteiger partial charge in [0.15, 0.2) is 0 Å². The van der Waals surface area contributed by atoms with E-state index in [1.54, 1.807) is 0 Å². The fourth-order valence-electron chi connectivity index (χ4n) is 0.714. The molecule has 0 rings (SSSR count). The van der Waals surface area contributed by atoms with Crippen LogP contribution in [0.4, 0.5) is 0 Å². The lowest BCUT2D eigenvalue weighted by Gasteiger charge is -2.06. The van der Waals surface area contributed by atoms with Crippen molar-refractivity contribution in [3.63, 3.8) is 0 Å². The minimum Gasteiger partial charge on any atom is -0.396 e. The van der Waals surface area contributed by atoms with E-state index < -0.39 is 17.7 Å². The van der Waals surface area contributed by atoms with Crippen LogP contribution in [-0.2, 0) is 19.1 Å². The SMILES string of the molecule is NC(=O)COCNC(=O)CNC(=O)CCO. The lowest BCUT2D eigenvalue weighted by molar-refractivity contribution is -0.128. The van der Waals surface area contributed by atoms with Gasteiger partial charge in [-0.1, -0.05) is 0 Å². The summed E-state index contributed by atoms with van der Waals surface area (Å²) in [5.41, 5.74) is 4.78. The fraction of sp³-hybridized carbons (Fsp3) is 0.625. The largest absolute Gasteiger partial charge is 0.396 e. The number of rotatable bonds is 8. The van der Waals surface area contributed by atoms with Crippen LogP contribution in [0.1, 0.15) is 6.42 Å². The highest BCUT2D eigenvalue weighted by Gasteiger charge is 2.04. The molecule has 0 saturated carbocycles. The molecule has 0 aromatic carbocycles. The third kappa shape index (κ3) is 8.91. The Bertz CT molecular complexity index is 256. The maximum absolute atomic E-state index is 11.0. The summed E-state index contributed by atoms with van der Waals surface area (Å²) in [6.45, 7) is -0.914. The van der Waals surface area contributed by atoms with Crippen molar-refractivity contribution in [3.05, 3.63) is 0 Å². The van der Waals surface area contributed by atoms with Crippen molar-refractivity contribution in [2.75, 3.05) is 26.5 Å². The molecule has 5 N–H and O–H groups in total. The summed E-state index contributed by atoms with van der Waals surface area (Å²) in [5.74, 6) is -1.52. The Morgan fingerprint density at radius 1 is 1.19 bits per heavy atom. The zero-order valence-electron chi connectivity index (χ0n) is 8.69. The van der Waals surface area contributed by atoms with Crippen molar-refractivity contribution in [1.29, 1.82) is 0 Å². The van der Waals surface area contributed by atoms with Crippen LogP contribution in [0.3, 0.4) is 0 Å². The lowest BCUT2D eigenvalue weighted by Crippen LogP contribution is -2.38. The van der Waals surface area contributed by atoms with Gasteiger partial charge in [-0.15, -0.1) is 0 Å². The maximum Gasteiger partial charge on any atom is 0.243 e. The number of carbonyl (C=O) groups excluding carboxylic acids is 3. The number of hydrogen-bond acceptors (Lipinski definition) is 5. The summed E-state index contributed by atoms with van der Waals surface area (Å²) in [7, 11) is 0. The highest BCUT2D eigenvalue weighted by atomic mass is 16.5. The standard InChI is InChI=1S/C8H15N3O5/c9-6(13)4-16-5-11-8(15)3-10-7(14)1-2-12/h12H,1-5H2,(H2,9,13)(H,10,14)(H,11,15). The molecule has 0 atom stereocenters. The lowest BCUT2D eigenvalue weighted by atomic mass is 10.4. The summed E-state index contributed by atoms with van der Waals surface area (Å²) in [6, 6.07) is 0. The van der Waals surface area contributed by atoms with E-state index >= 15 is 0 Å². The first-order valence-electron chi connectivity index (χ1n) is 4.56. The van der Waals surface area contributed by atoms with Gasteiger partial charge in [0.1, 0.15) is 13.3 Å². The molecule has 0 aromatic rings. The zero-order valence-corrected chi connectivity index (χ0v) is 8.69. The van der Waals surface area contributed by atoms with Crippen molar-refractivity contribution >= 4 is 17.7 Å². The third-order valence-corrected chi connectivity index (χ3v) is 1.40. The second kappa shape index (κ2) is 8.62. The maximum atomic E-state index is 11.0. The van der Waals surface area contributed by atoms with E-state index in [9.17, 15) is 14.4 Å². The third-order valence-electron chi connectivity index (χ3n) is 1.40. The summed E-state index contributed by atoms with van der Waals surface area (Å²) in [6.07, 6.45) is -0.0501. The number of nitrogens with one attached hydrogen (secondary N) is 2. The van der Waals surface area contributed by atoms with Gasteiger partial charge in [-0.3, -0.25) is 14.4 Å². The minimum absolute atomic E-state index is 0.0501. The highest BCUT2D eigenvalue weighted by Crippen LogP contribution is 1.76. The first-order chi connectivity index (χ1) is 7.56. The Labute approximate surface area is 92.1 Å². The van der Waals surface area contributed by atoms with Gasteiger partial charge in [0.05, 0.1) is 13.2 Å². The first kappa shape index (κ1) is 14.3. The Kier molecular flexibility index (Phi) is 7.72. The van der Waals surface area contributed by atoms with Crippen LogP contribution < -0.4 is 16.4 Å². The number of primary amides is 1. The molecule has 0 heterocycles. The van der Waals surface area contributed by atoms with Crippen molar-refractivity contribution in [3.8, 4) is 0 Å². The second-order valence-electron chi connectivity index (χ2n) is 2.81. The number of amides is 3. The number of ether oxygens (including phenoxy) is 1. The van der Waals surface area contributed by atoms with E-state index in [2.05, 4.69) is 15.4 Å². The molecule has 0 saturated heterocycles. The monoisotopic (exact) mass is 233 g/mol. The van der Waals surface area contributed by atoms with Crippen molar-refractivity contribution in [2.45, 2.75) is 6.42 Å². The van der Waals surface area contributed by atoms with Crippen LogP contribution in [0.5, 0.6) is 0 Å². The van der Waals surface area contributed by atoms with E-state index in [1.165, 1.54) is 0 Å². The average Bonchev–Trinajstić information content (AvgIpc) is 2.22. The summed E-state index contributed by atoms with van der Waals surface area (Å²) in [5, 5.41) is 13.0. The van der Waals surface area contributed by atoms with E-state index in [-0.39, 0.29) is 32.9 Å². The number of carbonyl (C=O) groups is 3. The smallest absolute Gasteiger partial charge is 0.243 e. The van der Waals surface area contributed by atoms with Crippen LogP contribution in [0, 0.1) is 0 Å². The molecule has 8 heteroatoms. The molecule has 0 unspecified atom stereocenters. The van der Waals surface area contributed by atoms with Crippen molar-refractivity contribution in [2.24, 2.45) is 5.73 Å². The summed E-state index contributed by atoms with van der Waals surface area (Å²) < 4.78 is 4.66. The van der Waals surface area contributed by atoms with Crippen LogP contribution in [0.25, 0.3) is 0 Å². The molecule has 3 amide bonds. The fourth-order valence-corrected chi connectivity index (χ4v) is 0.714. The normalized spacial score (nSPS) is 9.56. The van der Waals surface area contributed by atoms with Gasteiger partial charge in [-0.25, -0.2) is 0 Å². The predicted molar refractivity (Wildman–Crippen MR) is 52.9 cm³/mol. The molecule has 0 radical (unpaired) electrons. The van der Waals surface area contributed by atoms with Crippen LogP contribution in [0.2, 0.25) is 0 Å². The Morgan fingerprint density at radius 3 is 2.44 bits per heavy atom. The second-order valence-corrected chi connectivity index (χ2v) is 2.81. The van der Waals surface area contributed by atoms with Gasteiger partial charge in [0, 0.05) is 6.42 Å². The molecular weight excluding hydrogens is 218 g/mol. The van der Waals surface area contributed by atoms with Crippen molar-refractivity contribution < 1.29 is 24.2 Å². The molecule has 0 aliphatic rings. The van der Waals surface area contributed by atoms with Gasteiger partial charge >= 0.3 is 0 Å². The van der Waals surface area contributed by atoms with Gasteiger partial charge in [0.25, 0.3) is 0 Å². The van der Waals surface area contributed by atoms with Crippen LogP contribution >= 0.6 is 0 Å². The molecular formula is C8H15N3O5. The number of nitrogens with two attached hydrogens (primary N) is 1. The van der Waals surface area contributed by atoms with Gasteiger partial charge in [-0.2, -0.15) is 0 Å². The Morgan fingerprint density at radius 2 is 1.88 bits per heavy atom. The number of aliphatic hydroxyl groups excluding tert-OH is 1. The van der Waals surface area contributed by atoms with Crippen LogP contribution in [0.15, 0.2) is 0 Å². The molecule has 92 valence electrons. The molecule has 0 spiro atoms. The highest BCUT2D eigenvalue weighted by molar-refractivity contribution is 5.84. The van der Waals surface area contributed by atoms with Crippen molar-refractivity contribution in [1.82, 2.24) is 10.6 Å². The molecule has 0 bridgehead atoms. The quantitative estimate of drug-likeness (QED) is 0.263. The molecule has 0 fully saturated rings. The van der Waals surface area contributed by atoms with Crippen LogP contribution in [-0.4, -0.2) is 49.3 Å². The van der Waals surface area contributed by atoms with Gasteiger partial charge in [-0.05, 0) is 0 Å². The topological polar surface area (TPSA) is 131 Å². The zero-order chi connectivity index (χ0) is 12.4.